The van der Waals surface area contributed by atoms with Gasteiger partial charge in [0.25, 0.3) is 0 Å². The first-order valence-electron chi connectivity index (χ1n) is 6.09. The molecular weight excluding hydrogens is 280 g/mol. The molecule has 0 aliphatic carbocycles. The second-order valence-electron chi connectivity index (χ2n) is 5.66. The van der Waals surface area contributed by atoms with Crippen molar-refractivity contribution >= 4 is 28.5 Å². The number of ether oxygens (including phenoxy) is 1. The standard InChI is InChI=1S/C14H15ClN2O3/c1-14(2,3)7-20-13(19)11-12(18)8-4-5-10(15)17-9(8)6-16-11/h4-6,18H,7H2,1-3H3. The van der Waals surface area contributed by atoms with Crippen molar-refractivity contribution in [2.75, 3.05) is 6.61 Å². The van der Waals surface area contributed by atoms with E-state index in [4.69, 9.17) is 16.3 Å². The molecule has 106 valence electrons. The molecule has 0 fully saturated rings. The van der Waals surface area contributed by atoms with Crippen molar-refractivity contribution < 1.29 is 14.6 Å². The monoisotopic (exact) mass is 294 g/mol. The van der Waals surface area contributed by atoms with Crippen LogP contribution in [-0.2, 0) is 4.74 Å². The molecule has 0 unspecified atom stereocenters. The van der Waals surface area contributed by atoms with Crippen molar-refractivity contribution in [1.29, 1.82) is 0 Å². The number of hydrogen-bond acceptors (Lipinski definition) is 5. The van der Waals surface area contributed by atoms with Crippen LogP contribution in [0.1, 0.15) is 31.3 Å². The smallest absolute Gasteiger partial charge is 0.360 e. The van der Waals surface area contributed by atoms with Crippen LogP contribution in [0.4, 0.5) is 0 Å². The van der Waals surface area contributed by atoms with Gasteiger partial charge in [0, 0.05) is 5.39 Å². The van der Waals surface area contributed by atoms with Crippen molar-refractivity contribution in [3.8, 4) is 5.75 Å². The van der Waals surface area contributed by atoms with Crippen molar-refractivity contribution in [1.82, 2.24) is 9.97 Å². The Balaban J connectivity index is 2.33. The van der Waals surface area contributed by atoms with Gasteiger partial charge in [0.2, 0.25) is 0 Å². The van der Waals surface area contributed by atoms with E-state index < -0.39 is 5.97 Å². The van der Waals surface area contributed by atoms with Gasteiger partial charge in [-0.3, -0.25) is 0 Å². The molecule has 2 aromatic heterocycles. The number of nitrogens with zero attached hydrogens (tertiary/aromatic N) is 2. The summed E-state index contributed by atoms with van der Waals surface area (Å²) in [6.07, 6.45) is 1.38. The lowest BCUT2D eigenvalue weighted by molar-refractivity contribution is 0.0357. The van der Waals surface area contributed by atoms with E-state index in [1.54, 1.807) is 6.07 Å². The fraction of sp³-hybridized carbons (Fsp3) is 0.357. The molecule has 1 N–H and O–H groups in total. The third-order valence-electron chi connectivity index (χ3n) is 2.52. The highest BCUT2D eigenvalue weighted by molar-refractivity contribution is 6.29. The first-order chi connectivity index (χ1) is 9.28. The van der Waals surface area contributed by atoms with E-state index in [0.717, 1.165) is 0 Å². The lowest BCUT2D eigenvalue weighted by Crippen LogP contribution is -2.19. The predicted octanol–water partition coefficient (Wildman–Crippen LogP) is 3.19. The number of pyridine rings is 2. The van der Waals surface area contributed by atoms with Crippen LogP contribution in [0.5, 0.6) is 5.75 Å². The minimum atomic E-state index is -0.658. The van der Waals surface area contributed by atoms with Gasteiger partial charge >= 0.3 is 5.97 Å². The quantitative estimate of drug-likeness (QED) is 0.680. The summed E-state index contributed by atoms with van der Waals surface area (Å²) in [4.78, 5) is 19.8. The van der Waals surface area contributed by atoms with Crippen LogP contribution in [0.3, 0.4) is 0 Å². The van der Waals surface area contributed by atoms with E-state index in [1.165, 1.54) is 12.3 Å². The minimum absolute atomic E-state index is 0.120. The Morgan fingerprint density at radius 2 is 2.10 bits per heavy atom. The molecule has 0 spiro atoms. The molecule has 0 atom stereocenters. The highest BCUT2D eigenvalue weighted by atomic mass is 35.5. The van der Waals surface area contributed by atoms with E-state index in [0.29, 0.717) is 16.1 Å². The summed E-state index contributed by atoms with van der Waals surface area (Å²) in [5, 5.41) is 10.8. The Morgan fingerprint density at radius 3 is 2.75 bits per heavy atom. The van der Waals surface area contributed by atoms with Gasteiger partial charge in [-0.1, -0.05) is 32.4 Å². The van der Waals surface area contributed by atoms with Gasteiger partial charge in [-0.05, 0) is 17.5 Å². The van der Waals surface area contributed by atoms with Crippen LogP contribution in [0.25, 0.3) is 10.9 Å². The molecule has 0 aliphatic rings. The lowest BCUT2D eigenvalue weighted by atomic mass is 9.99. The topological polar surface area (TPSA) is 72.3 Å². The number of aromatic nitrogens is 2. The second kappa shape index (κ2) is 5.25. The van der Waals surface area contributed by atoms with Gasteiger partial charge in [0.1, 0.15) is 5.15 Å². The van der Waals surface area contributed by atoms with E-state index in [1.807, 2.05) is 20.8 Å². The highest BCUT2D eigenvalue weighted by Gasteiger charge is 2.20. The Hall–Kier alpha value is -1.88. The summed E-state index contributed by atoms with van der Waals surface area (Å²) < 4.78 is 5.14. The summed E-state index contributed by atoms with van der Waals surface area (Å²) in [7, 11) is 0. The maximum absolute atomic E-state index is 11.9. The summed E-state index contributed by atoms with van der Waals surface area (Å²) in [6, 6.07) is 3.12. The molecule has 0 saturated heterocycles. The largest absolute Gasteiger partial charge is 0.505 e. The molecule has 2 aromatic rings. The molecule has 0 radical (unpaired) electrons. The molecule has 0 amide bonds. The number of esters is 1. The van der Waals surface area contributed by atoms with Gasteiger partial charge in [-0.25, -0.2) is 14.8 Å². The van der Waals surface area contributed by atoms with Crippen molar-refractivity contribution in [3.05, 3.63) is 29.2 Å². The molecule has 6 heteroatoms. The molecule has 0 bridgehead atoms. The van der Waals surface area contributed by atoms with Gasteiger partial charge in [-0.2, -0.15) is 0 Å². The summed E-state index contributed by atoms with van der Waals surface area (Å²) in [6.45, 7) is 6.07. The van der Waals surface area contributed by atoms with Crippen LogP contribution in [0, 0.1) is 5.41 Å². The van der Waals surface area contributed by atoms with Gasteiger partial charge in [-0.15, -0.1) is 0 Å². The number of fused-ring (bicyclic) bond motifs is 1. The number of hydrogen-bond donors (Lipinski definition) is 1. The first kappa shape index (κ1) is 14.5. The first-order valence-corrected chi connectivity index (χ1v) is 6.47. The zero-order valence-corrected chi connectivity index (χ0v) is 12.2. The number of aromatic hydroxyl groups is 1. The van der Waals surface area contributed by atoms with Crippen LogP contribution in [0.15, 0.2) is 18.3 Å². The van der Waals surface area contributed by atoms with Gasteiger partial charge in [0.15, 0.2) is 11.4 Å². The molecule has 5 nitrogen and oxygen atoms in total. The number of carbonyl (C=O) groups excluding carboxylic acids is 1. The van der Waals surface area contributed by atoms with E-state index in [9.17, 15) is 9.90 Å². The molecular formula is C14H15ClN2O3. The molecule has 0 aromatic carbocycles. The van der Waals surface area contributed by atoms with Gasteiger partial charge < -0.3 is 9.84 Å². The van der Waals surface area contributed by atoms with Crippen LogP contribution >= 0.6 is 11.6 Å². The fourth-order valence-corrected chi connectivity index (χ4v) is 1.72. The third-order valence-corrected chi connectivity index (χ3v) is 2.73. The average Bonchev–Trinajstić information content (AvgIpc) is 2.35. The van der Waals surface area contributed by atoms with Gasteiger partial charge in [0.05, 0.1) is 18.3 Å². The lowest BCUT2D eigenvalue weighted by Gasteiger charge is -2.17. The summed E-state index contributed by atoms with van der Waals surface area (Å²) in [5.74, 6) is -0.903. The molecule has 2 heterocycles. The van der Waals surface area contributed by atoms with Crippen LogP contribution in [-0.4, -0.2) is 27.7 Å². The Bertz CT molecular complexity index is 665. The predicted molar refractivity (Wildman–Crippen MR) is 76.0 cm³/mol. The maximum Gasteiger partial charge on any atom is 0.360 e. The zero-order valence-electron chi connectivity index (χ0n) is 11.5. The normalized spacial score (nSPS) is 11.6. The number of carbonyl (C=O) groups is 1. The van der Waals surface area contributed by atoms with Crippen LogP contribution < -0.4 is 0 Å². The average molecular weight is 295 g/mol. The van der Waals surface area contributed by atoms with Crippen molar-refractivity contribution in [3.63, 3.8) is 0 Å². The highest BCUT2D eigenvalue weighted by Crippen LogP contribution is 2.27. The Labute approximate surface area is 121 Å². The maximum atomic E-state index is 11.9. The Morgan fingerprint density at radius 1 is 1.40 bits per heavy atom. The number of halogens is 1. The van der Waals surface area contributed by atoms with Crippen molar-refractivity contribution in [2.24, 2.45) is 5.41 Å². The second-order valence-corrected chi connectivity index (χ2v) is 6.05. The fourth-order valence-electron chi connectivity index (χ4n) is 1.56. The van der Waals surface area contributed by atoms with E-state index >= 15 is 0 Å². The molecule has 0 aliphatic heterocycles. The number of rotatable bonds is 2. The molecule has 20 heavy (non-hydrogen) atoms. The third kappa shape index (κ3) is 3.17. The van der Waals surface area contributed by atoms with Crippen molar-refractivity contribution in [2.45, 2.75) is 20.8 Å². The SMILES string of the molecule is CC(C)(C)COC(=O)c1ncc2nc(Cl)ccc2c1O. The molecule has 2 rings (SSSR count). The summed E-state index contributed by atoms with van der Waals surface area (Å²) >= 11 is 5.76. The molecule has 0 saturated carbocycles. The Kier molecular flexibility index (Phi) is 3.81. The van der Waals surface area contributed by atoms with Crippen LogP contribution in [0.2, 0.25) is 5.15 Å². The van der Waals surface area contributed by atoms with E-state index in [-0.39, 0.29) is 23.5 Å². The summed E-state index contributed by atoms with van der Waals surface area (Å²) in [5.41, 5.74) is 0.144. The zero-order chi connectivity index (χ0) is 14.9. The minimum Gasteiger partial charge on any atom is -0.505 e. The van der Waals surface area contributed by atoms with E-state index in [2.05, 4.69) is 9.97 Å².